The molecule has 0 fully saturated rings. The predicted octanol–water partition coefficient (Wildman–Crippen LogP) is 3.15. The van der Waals surface area contributed by atoms with Gasteiger partial charge in [-0.2, -0.15) is 0 Å². The number of anilines is 2. The van der Waals surface area contributed by atoms with Gasteiger partial charge in [-0.25, -0.2) is 4.99 Å². The topological polar surface area (TPSA) is 134 Å². The second-order valence-corrected chi connectivity index (χ2v) is 7.32. The first-order valence-electron chi connectivity index (χ1n) is 8.78. The summed E-state index contributed by atoms with van der Waals surface area (Å²) in [4.78, 5) is 36.7. The molecule has 3 aromatic heterocycles. The summed E-state index contributed by atoms with van der Waals surface area (Å²) in [5, 5.41) is 25.1. The second-order valence-electron chi connectivity index (χ2n) is 6.37. The first-order chi connectivity index (χ1) is 13.8. The van der Waals surface area contributed by atoms with Gasteiger partial charge in [-0.05, 0) is 17.9 Å². The van der Waals surface area contributed by atoms with Crippen LogP contribution in [0, 0.1) is 0 Å². The number of nitrogens with zero attached hydrogens (tertiary/aromatic N) is 2. The lowest BCUT2D eigenvalue weighted by Crippen LogP contribution is -2.28. The zero-order chi connectivity index (χ0) is 21.1. The quantitative estimate of drug-likeness (QED) is 0.394. The van der Waals surface area contributed by atoms with Gasteiger partial charge >= 0.3 is 0 Å². The molecule has 0 bridgehead atoms. The van der Waals surface area contributed by atoms with Crippen molar-refractivity contribution in [2.75, 3.05) is 19.4 Å². The molecule has 0 atom stereocenters. The molecule has 0 saturated carbocycles. The van der Waals surface area contributed by atoms with E-state index in [2.05, 4.69) is 20.3 Å². The zero-order valence-corrected chi connectivity index (χ0v) is 16.9. The number of carbonyl (C=O) groups is 1. The highest BCUT2D eigenvalue weighted by molar-refractivity contribution is 7.12. The van der Waals surface area contributed by atoms with Crippen LogP contribution in [0.25, 0.3) is 0 Å². The minimum Gasteiger partial charge on any atom is -0.493 e. The lowest BCUT2D eigenvalue weighted by atomic mass is 10.2. The average Bonchev–Trinajstić information content (AvgIpc) is 3.30. The Morgan fingerprint density at radius 1 is 1.28 bits per heavy atom. The highest BCUT2D eigenvalue weighted by Crippen LogP contribution is 2.43. The normalized spacial score (nSPS) is 11.5. The van der Waals surface area contributed by atoms with Crippen molar-refractivity contribution in [3.63, 3.8) is 0 Å². The lowest BCUT2D eigenvalue weighted by molar-refractivity contribution is 0.0826. The molecule has 10 heteroatoms. The number of aromatic nitrogens is 2. The van der Waals surface area contributed by atoms with Gasteiger partial charge in [0.25, 0.3) is 5.91 Å². The molecule has 3 rings (SSSR count). The molecule has 0 aromatic carbocycles. The zero-order valence-electron chi connectivity index (χ0n) is 16.1. The van der Waals surface area contributed by atoms with Gasteiger partial charge in [0, 0.05) is 31.4 Å². The number of rotatable bonds is 6. The molecule has 0 saturated heterocycles. The van der Waals surface area contributed by atoms with Gasteiger partial charge in [0.05, 0.1) is 5.71 Å². The van der Waals surface area contributed by atoms with Crippen molar-refractivity contribution in [1.82, 2.24) is 14.9 Å². The number of aliphatic imine (C=N–C) groups is 1. The Morgan fingerprint density at radius 3 is 2.66 bits per heavy atom. The van der Waals surface area contributed by atoms with Crippen molar-refractivity contribution < 1.29 is 15.0 Å². The number of pyridine rings is 1. The number of aromatic amines is 2. The van der Waals surface area contributed by atoms with Gasteiger partial charge in [0.15, 0.2) is 5.69 Å². The Balaban J connectivity index is 2.05. The fourth-order valence-corrected chi connectivity index (χ4v) is 3.48. The van der Waals surface area contributed by atoms with Crippen LogP contribution < -0.4 is 10.7 Å². The molecule has 0 aliphatic rings. The van der Waals surface area contributed by atoms with Crippen molar-refractivity contribution >= 4 is 40.0 Å². The fraction of sp³-hybridized carbons (Fsp3) is 0.211. The van der Waals surface area contributed by atoms with E-state index < -0.39 is 11.3 Å². The van der Waals surface area contributed by atoms with E-state index in [0.717, 1.165) is 4.88 Å². The number of hydrogen-bond acceptors (Lipinski definition) is 7. The van der Waals surface area contributed by atoms with Gasteiger partial charge in [-0.1, -0.05) is 13.0 Å². The Bertz CT molecular complexity index is 1110. The van der Waals surface area contributed by atoms with E-state index in [-0.39, 0.29) is 34.4 Å². The third kappa shape index (κ3) is 4.02. The smallest absolute Gasteiger partial charge is 0.258 e. The van der Waals surface area contributed by atoms with Crippen molar-refractivity contribution in [3.05, 3.63) is 50.6 Å². The van der Waals surface area contributed by atoms with Crippen molar-refractivity contribution in [2.24, 2.45) is 4.99 Å². The Kier molecular flexibility index (Phi) is 5.74. The Labute approximate surface area is 170 Å². The van der Waals surface area contributed by atoms with E-state index in [1.807, 2.05) is 24.4 Å². The van der Waals surface area contributed by atoms with Crippen molar-refractivity contribution in [3.8, 4) is 11.8 Å². The third-order valence-electron chi connectivity index (χ3n) is 4.16. The van der Waals surface area contributed by atoms with Gasteiger partial charge in [-0.3, -0.25) is 14.6 Å². The molecule has 0 spiro atoms. The maximum atomic E-state index is 12.7. The molecular formula is C19H21N5O4S. The predicted molar refractivity (Wildman–Crippen MR) is 113 cm³/mol. The summed E-state index contributed by atoms with van der Waals surface area (Å²) in [7, 11) is 3.09. The van der Waals surface area contributed by atoms with Gasteiger partial charge < -0.3 is 25.4 Å². The fourth-order valence-electron chi connectivity index (χ4n) is 2.69. The van der Waals surface area contributed by atoms with E-state index in [0.29, 0.717) is 12.1 Å². The van der Waals surface area contributed by atoms with Crippen LogP contribution in [0.2, 0.25) is 0 Å². The Hall–Kier alpha value is -3.53. The molecular weight excluding hydrogens is 394 g/mol. The molecule has 0 aliphatic heterocycles. The van der Waals surface area contributed by atoms with Crippen LogP contribution in [-0.2, 0) is 0 Å². The summed E-state index contributed by atoms with van der Waals surface area (Å²) in [6, 6.07) is 3.80. The van der Waals surface area contributed by atoms with Crippen LogP contribution in [0.3, 0.4) is 0 Å². The van der Waals surface area contributed by atoms with E-state index in [1.54, 1.807) is 14.1 Å². The number of aromatic hydroxyl groups is 2. The highest BCUT2D eigenvalue weighted by Gasteiger charge is 2.21. The summed E-state index contributed by atoms with van der Waals surface area (Å²) in [6.45, 7) is 1.93. The van der Waals surface area contributed by atoms with Crippen LogP contribution in [0.1, 0.15) is 28.6 Å². The summed E-state index contributed by atoms with van der Waals surface area (Å²) >= 11 is 1.50. The molecule has 0 unspecified atom stereocenters. The van der Waals surface area contributed by atoms with Gasteiger partial charge in [0.1, 0.15) is 16.9 Å². The number of thiophene rings is 1. The summed E-state index contributed by atoms with van der Waals surface area (Å²) in [6.07, 6.45) is 3.28. The van der Waals surface area contributed by atoms with Gasteiger partial charge in [0.2, 0.25) is 17.2 Å². The summed E-state index contributed by atoms with van der Waals surface area (Å²) < 4.78 is 0. The average molecular weight is 415 g/mol. The summed E-state index contributed by atoms with van der Waals surface area (Å²) in [5.74, 6) is -1.18. The molecule has 29 heavy (non-hydrogen) atoms. The highest BCUT2D eigenvalue weighted by atomic mass is 32.1. The number of amides is 1. The van der Waals surface area contributed by atoms with Crippen LogP contribution >= 0.6 is 11.3 Å². The number of H-pyrrole nitrogens is 2. The van der Waals surface area contributed by atoms with Crippen LogP contribution in [0.4, 0.5) is 17.1 Å². The minimum absolute atomic E-state index is 0.0256. The number of nitrogens with one attached hydrogen (secondary N) is 3. The molecule has 3 heterocycles. The van der Waals surface area contributed by atoms with E-state index in [4.69, 9.17) is 0 Å². The van der Waals surface area contributed by atoms with Crippen molar-refractivity contribution in [1.29, 1.82) is 0 Å². The second kappa shape index (κ2) is 8.23. The van der Waals surface area contributed by atoms with E-state index in [9.17, 15) is 19.8 Å². The Morgan fingerprint density at radius 2 is 2.03 bits per heavy atom. The minimum atomic E-state index is -0.550. The number of hydrogen-bond donors (Lipinski definition) is 5. The molecule has 152 valence electrons. The molecule has 0 aliphatic carbocycles. The molecule has 9 nitrogen and oxygen atoms in total. The monoisotopic (exact) mass is 415 g/mol. The molecule has 1 amide bonds. The lowest BCUT2D eigenvalue weighted by Gasteiger charge is -2.11. The van der Waals surface area contributed by atoms with E-state index in [1.165, 1.54) is 28.6 Å². The molecule has 0 radical (unpaired) electrons. The van der Waals surface area contributed by atoms with Crippen molar-refractivity contribution in [2.45, 2.75) is 13.3 Å². The van der Waals surface area contributed by atoms with Crippen LogP contribution in [0.5, 0.6) is 11.8 Å². The third-order valence-corrected chi connectivity index (χ3v) is 5.08. The maximum Gasteiger partial charge on any atom is 0.258 e. The SMILES string of the molecule is CCC(=Nc1c(O)[nH]c(O)c1Nc1c[nH]cc(C(=O)N(C)C)c1=O)c1cccs1. The van der Waals surface area contributed by atoms with E-state index >= 15 is 0 Å². The standard InChI is InChI=1S/C19H21N5O4S/c1-4-11(13-6-5-7-29-13)21-14-15(18(27)23-17(14)26)22-12-9-20-8-10(16(12)25)19(28)24(2)3/h5-9,22-23,26-27H,4H2,1-3H3,(H,20,25). The first-order valence-corrected chi connectivity index (χ1v) is 9.66. The van der Waals surface area contributed by atoms with Crippen LogP contribution in [-0.4, -0.2) is 50.8 Å². The van der Waals surface area contributed by atoms with Gasteiger partial charge in [-0.15, -0.1) is 11.3 Å². The number of carbonyl (C=O) groups excluding carboxylic acids is 1. The van der Waals surface area contributed by atoms with Crippen LogP contribution in [0.15, 0.2) is 39.7 Å². The maximum absolute atomic E-state index is 12.7. The largest absolute Gasteiger partial charge is 0.493 e. The molecule has 5 N–H and O–H groups in total. The summed E-state index contributed by atoms with van der Waals surface area (Å²) in [5.41, 5.74) is 0.227. The molecule has 3 aromatic rings. The first kappa shape index (κ1) is 20.2.